The maximum atomic E-state index is 5.60. The van der Waals surface area contributed by atoms with Gasteiger partial charge in [-0.05, 0) is 128 Å². The van der Waals surface area contributed by atoms with Crippen LogP contribution >= 0.6 is 46.1 Å². The molecule has 0 amide bonds. The summed E-state index contributed by atoms with van der Waals surface area (Å²) in [5, 5.41) is 0. The third kappa shape index (κ3) is 22.9. The summed E-state index contributed by atoms with van der Waals surface area (Å²) >= 11 is 6.93. The van der Waals surface area contributed by atoms with E-state index >= 15 is 0 Å². The van der Waals surface area contributed by atoms with Crippen molar-refractivity contribution in [1.82, 2.24) is 17.5 Å². The van der Waals surface area contributed by atoms with E-state index in [1.54, 1.807) is 22.3 Å². The van der Waals surface area contributed by atoms with Gasteiger partial charge in [0.25, 0.3) is 0 Å². The largest absolute Gasteiger partial charge is 0.173 e. The number of aryl methyl sites for hydroxylation is 2. The highest BCUT2D eigenvalue weighted by molar-refractivity contribution is 7.24. The van der Waals surface area contributed by atoms with Crippen LogP contribution in [0.2, 0.25) is 0 Å². The van der Waals surface area contributed by atoms with E-state index in [1.807, 2.05) is 22.7 Å². The highest BCUT2D eigenvalue weighted by atomic mass is 32.1. The Morgan fingerprint density at radius 1 is 0.274 bits per heavy atom. The molecule has 4 aromatic heterocycles. The fourth-order valence-corrected chi connectivity index (χ4v) is 23.4. The smallest absolute Gasteiger partial charge is 0.114 e. The maximum Gasteiger partial charge on any atom is 0.114 e. The van der Waals surface area contributed by atoms with Crippen LogP contribution in [0, 0.1) is 13.8 Å². The second-order valence-electron chi connectivity index (χ2n) is 34.7. The van der Waals surface area contributed by atoms with Gasteiger partial charge in [0.15, 0.2) is 0 Å². The van der Waals surface area contributed by atoms with Crippen LogP contribution in [0.5, 0.6) is 0 Å². The van der Waals surface area contributed by atoms with Gasteiger partial charge >= 0.3 is 0 Å². The molecule has 106 heavy (non-hydrogen) atoms. The van der Waals surface area contributed by atoms with Crippen LogP contribution in [0.3, 0.4) is 0 Å². The van der Waals surface area contributed by atoms with Crippen LogP contribution in [0.4, 0.5) is 0 Å². The molecule has 8 heteroatoms. The number of rotatable bonds is 61. The van der Waals surface area contributed by atoms with Crippen molar-refractivity contribution in [3.05, 3.63) is 85.8 Å². The van der Waals surface area contributed by atoms with Gasteiger partial charge in [-0.15, -0.1) is 22.7 Å². The van der Waals surface area contributed by atoms with E-state index in [1.165, 1.54) is 489 Å². The lowest BCUT2D eigenvalue weighted by molar-refractivity contribution is 0.393. The van der Waals surface area contributed by atoms with Crippen LogP contribution < -0.4 is 0 Å². The number of thiophene rings is 2. The Kier molecular flexibility index (Phi) is 37.2. The summed E-state index contributed by atoms with van der Waals surface area (Å²) in [6.07, 6.45) is 82.5. The zero-order chi connectivity index (χ0) is 74.0. The van der Waals surface area contributed by atoms with Crippen LogP contribution in [-0.2, 0) is 10.8 Å². The van der Waals surface area contributed by atoms with Crippen molar-refractivity contribution < 1.29 is 0 Å². The van der Waals surface area contributed by atoms with Gasteiger partial charge in [-0.25, -0.2) is 0 Å². The minimum absolute atomic E-state index is 0.0935. The molecule has 0 aliphatic heterocycles. The lowest BCUT2D eigenvalue weighted by atomic mass is 9.68. The molecule has 4 heterocycles. The first-order chi connectivity index (χ1) is 52.2. The van der Waals surface area contributed by atoms with Crippen molar-refractivity contribution >= 4 is 73.8 Å². The predicted octanol–water partition coefficient (Wildman–Crippen LogP) is 34.9. The predicted molar refractivity (Wildman–Crippen MR) is 474 cm³/mol. The molecule has 0 unspecified atom stereocenters. The van der Waals surface area contributed by atoms with Crippen molar-refractivity contribution in [1.29, 1.82) is 0 Å². The van der Waals surface area contributed by atoms with Gasteiger partial charge in [-0.1, -0.05) is 399 Å². The molecule has 3 aromatic carbocycles. The molecular weight excluding hydrogens is 1360 g/mol. The van der Waals surface area contributed by atoms with E-state index < -0.39 is 0 Å². The SMILES string of the molecule is CCCCCCCCCCCCCCCCC1(CCCCCCCCCCCCCCCC)c2cc3c(cc2-c2c1cc(C)c1nsnc21)C(CCCCCCCCCCCCCCCC)(CCCCCCCCCCCCCCCC)c1cc(-c2cc4c(s2)-c2sc(C)cc2C4=C(C)C)c2nsnc2c1-3. The third-order valence-corrected chi connectivity index (χ3v) is 29.4. The molecule has 0 radical (unpaired) electrons. The number of unbranched alkanes of at least 4 members (excludes halogenated alkanes) is 52. The quantitative estimate of drug-likeness (QED) is 0.0357. The Morgan fingerprint density at radius 3 is 0.887 bits per heavy atom. The van der Waals surface area contributed by atoms with Crippen molar-refractivity contribution in [2.45, 2.75) is 451 Å². The van der Waals surface area contributed by atoms with Gasteiger partial charge in [0, 0.05) is 48.4 Å². The summed E-state index contributed by atoms with van der Waals surface area (Å²) in [6, 6.07) is 16.2. The number of nitrogens with zero attached hydrogens (tertiary/aromatic N) is 4. The van der Waals surface area contributed by atoms with Crippen LogP contribution in [0.25, 0.3) is 70.1 Å². The minimum Gasteiger partial charge on any atom is -0.173 e. The van der Waals surface area contributed by atoms with Gasteiger partial charge in [0.2, 0.25) is 0 Å². The first-order valence-corrected chi connectivity index (χ1v) is 49.0. The number of hydrogen-bond acceptors (Lipinski definition) is 8. The molecule has 3 aliphatic rings. The summed E-state index contributed by atoms with van der Waals surface area (Å²) in [6.45, 7) is 18.7. The Balaban J connectivity index is 0.995. The van der Waals surface area contributed by atoms with Gasteiger partial charge < -0.3 is 0 Å². The summed E-state index contributed by atoms with van der Waals surface area (Å²) in [5.74, 6) is 0. The van der Waals surface area contributed by atoms with E-state index in [0.717, 1.165) is 16.6 Å². The van der Waals surface area contributed by atoms with Crippen LogP contribution in [-0.4, -0.2) is 17.5 Å². The van der Waals surface area contributed by atoms with E-state index in [-0.39, 0.29) is 10.8 Å². The fourth-order valence-electron chi connectivity index (χ4n) is 19.9. The van der Waals surface area contributed by atoms with E-state index in [4.69, 9.17) is 17.5 Å². The number of hydrogen-bond donors (Lipinski definition) is 0. The van der Waals surface area contributed by atoms with Crippen LogP contribution in [0.1, 0.15) is 471 Å². The van der Waals surface area contributed by atoms with E-state index in [9.17, 15) is 0 Å². The summed E-state index contributed by atoms with van der Waals surface area (Å²) in [7, 11) is 0. The molecule has 0 bridgehead atoms. The number of allylic oxidation sites excluding steroid dienone is 1. The van der Waals surface area contributed by atoms with Gasteiger partial charge in [-0.2, -0.15) is 17.5 Å². The molecule has 0 saturated heterocycles. The zero-order valence-corrected chi connectivity index (χ0v) is 72.6. The third-order valence-electron chi connectivity index (χ3n) is 26.0. The number of aromatic nitrogens is 4. The van der Waals surface area contributed by atoms with Crippen LogP contribution in [0.15, 0.2) is 42.0 Å². The Labute approximate surface area is 666 Å². The first kappa shape index (κ1) is 84.9. The molecule has 3 aliphatic carbocycles. The standard InChI is InChI=1S/C98H150N4S4/c1-9-13-17-21-25-29-33-37-41-45-49-53-57-61-65-97(66-62-58-54-50-46-42-38-34-30-26-22-18-14-10-2)83-72-79-84(71-78(83)89-85(97)69-76(7)91-93(89)101-105-99-91)98(67-63-59-55-51-47-43-39-35-31-27-23-19-15-11-3,68-64-60-56-52-48-44-40-36-32-28-24-20-16-12-4)86-73-80(92-94(90(79)86)102-106-100-92)87-74-82-88(75(5)6)81-70-77(8)103-95(81)96(82)104-87/h69-74H,9-68H2,1-8H3. The molecule has 4 nitrogen and oxygen atoms in total. The molecule has 0 N–H and O–H groups in total. The molecular formula is C98H150N4S4. The van der Waals surface area contributed by atoms with Crippen molar-refractivity contribution in [2.24, 2.45) is 0 Å². The Bertz CT molecular complexity index is 3630. The highest BCUT2D eigenvalue weighted by Crippen LogP contribution is 2.64. The second kappa shape index (κ2) is 46.4. The van der Waals surface area contributed by atoms with Gasteiger partial charge in [0.1, 0.15) is 22.1 Å². The molecule has 0 atom stereocenters. The van der Waals surface area contributed by atoms with E-state index in [0.29, 0.717) is 0 Å². The molecule has 0 spiro atoms. The fraction of sp³-hybridized carbons (Fsp3) is 0.714. The minimum atomic E-state index is -0.150. The highest BCUT2D eigenvalue weighted by Gasteiger charge is 2.50. The summed E-state index contributed by atoms with van der Waals surface area (Å²) < 4.78 is 21.6. The first-order valence-electron chi connectivity index (χ1n) is 45.9. The summed E-state index contributed by atoms with van der Waals surface area (Å²) in [5.41, 5.74) is 24.9. The average molecular weight is 1510 g/mol. The van der Waals surface area contributed by atoms with Crippen molar-refractivity contribution in [3.8, 4) is 42.4 Å². The van der Waals surface area contributed by atoms with E-state index in [2.05, 4.69) is 91.8 Å². The average Bonchev–Trinajstić information content (AvgIpc) is 1.52. The topological polar surface area (TPSA) is 51.6 Å². The molecule has 0 saturated carbocycles. The summed E-state index contributed by atoms with van der Waals surface area (Å²) in [4.78, 5) is 5.69. The lowest BCUT2D eigenvalue weighted by Gasteiger charge is -2.35. The molecule has 7 aromatic rings. The Hall–Kier alpha value is -3.56. The van der Waals surface area contributed by atoms with Gasteiger partial charge in [0.05, 0.1) is 33.2 Å². The maximum absolute atomic E-state index is 5.60. The molecule has 586 valence electrons. The second-order valence-corrected chi connectivity index (χ2v) is 38.1. The van der Waals surface area contributed by atoms with Crippen molar-refractivity contribution in [3.63, 3.8) is 0 Å². The zero-order valence-electron chi connectivity index (χ0n) is 69.3. The Morgan fingerprint density at radius 2 is 0.547 bits per heavy atom. The van der Waals surface area contributed by atoms with Crippen molar-refractivity contribution in [2.75, 3.05) is 0 Å². The normalized spacial score (nSPS) is 13.8. The molecule has 10 rings (SSSR count). The number of benzene rings is 3. The van der Waals surface area contributed by atoms with Gasteiger partial charge in [-0.3, -0.25) is 0 Å². The molecule has 0 fully saturated rings. The lowest BCUT2D eigenvalue weighted by Crippen LogP contribution is -2.27. The monoisotopic (exact) mass is 1510 g/mol. The number of fused-ring (bicyclic) bond motifs is 13.